The summed E-state index contributed by atoms with van der Waals surface area (Å²) >= 11 is 0. The smallest absolute Gasteiger partial charge is 0.402 e. The molecule has 0 unspecified atom stereocenters. The first kappa shape index (κ1) is 17.2. The molecule has 0 aromatic carbocycles. The van der Waals surface area contributed by atoms with Gasteiger partial charge in [-0.05, 0) is 18.7 Å². The van der Waals surface area contributed by atoms with Gasteiger partial charge in [-0.1, -0.05) is 51.2 Å². The number of hydrogen-bond donors (Lipinski definition) is 3. The van der Waals surface area contributed by atoms with Crippen LogP contribution in [0.3, 0.4) is 0 Å². The van der Waals surface area contributed by atoms with E-state index in [1.807, 2.05) is 0 Å². The fourth-order valence-corrected chi connectivity index (χ4v) is 1.77. The molecule has 4 nitrogen and oxygen atoms in total. The molecule has 18 heavy (non-hydrogen) atoms. The molecule has 3 N–H and O–H groups in total. The third-order valence-electron chi connectivity index (χ3n) is 2.68. The molecule has 1 aliphatic heterocycles. The molecule has 1 aliphatic rings. The summed E-state index contributed by atoms with van der Waals surface area (Å²) in [6.07, 6.45) is 17.0. The van der Waals surface area contributed by atoms with E-state index in [0.29, 0.717) is 0 Å². The summed E-state index contributed by atoms with van der Waals surface area (Å²) in [5.41, 5.74) is 0. The normalized spacial score (nSPS) is 13.2. The number of allylic oxidation sites excluding steroid dienone is 2. The topological polar surface area (TPSA) is 63.9 Å². The summed E-state index contributed by atoms with van der Waals surface area (Å²) in [5.74, 6) is 0. The Morgan fingerprint density at radius 1 is 1.00 bits per heavy atom. The van der Waals surface area contributed by atoms with Crippen LogP contribution in [0.25, 0.3) is 0 Å². The van der Waals surface area contributed by atoms with Crippen LogP contribution in [0.15, 0.2) is 24.4 Å². The molecule has 104 valence electrons. The second-order valence-electron chi connectivity index (χ2n) is 4.38. The standard InChI is InChI=1S/C13H23N.BH3O3/c1-2-3-4-5-6-8-11-14-12-9-7-10-13-14;2-1(3)4/h7,9-10,12H,2-6,8,11,13H2,1H3;2-4H. The van der Waals surface area contributed by atoms with E-state index in [-0.39, 0.29) is 0 Å². The Bertz CT molecular complexity index is 230. The second-order valence-corrected chi connectivity index (χ2v) is 4.38. The highest BCUT2D eigenvalue weighted by molar-refractivity contribution is 6.30. The van der Waals surface area contributed by atoms with Crippen molar-refractivity contribution in [2.45, 2.75) is 45.4 Å². The average Bonchev–Trinajstić information content (AvgIpc) is 2.34. The Hall–Kier alpha value is -0.775. The molecule has 0 saturated heterocycles. The van der Waals surface area contributed by atoms with E-state index >= 15 is 0 Å². The van der Waals surface area contributed by atoms with Crippen LogP contribution in [0.2, 0.25) is 0 Å². The highest BCUT2D eigenvalue weighted by Gasteiger charge is 1.98. The van der Waals surface area contributed by atoms with Gasteiger partial charge in [-0.15, -0.1) is 0 Å². The van der Waals surface area contributed by atoms with Gasteiger partial charge in [0, 0.05) is 13.1 Å². The van der Waals surface area contributed by atoms with Gasteiger partial charge < -0.3 is 20.0 Å². The van der Waals surface area contributed by atoms with E-state index in [4.69, 9.17) is 15.1 Å². The second kappa shape index (κ2) is 12.7. The molecule has 0 spiro atoms. The predicted octanol–water partition coefficient (Wildman–Crippen LogP) is 1.68. The maximum Gasteiger partial charge on any atom is 0.631 e. The molecule has 0 radical (unpaired) electrons. The summed E-state index contributed by atoms with van der Waals surface area (Å²) in [7, 11) is -2.17. The van der Waals surface area contributed by atoms with Gasteiger partial charge in [0.2, 0.25) is 0 Å². The van der Waals surface area contributed by atoms with Gasteiger partial charge in [-0.3, -0.25) is 0 Å². The van der Waals surface area contributed by atoms with Crippen LogP contribution in [0.4, 0.5) is 0 Å². The molecule has 0 fully saturated rings. The quantitative estimate of drug-likeness (QED) is 0.478. The molecule has 1 heterocycles. The minimum absolute atomic E-state index is 1.10. The van der Waals surface area contributed by atoms with Crippen molar-refractivity contribution < 1.29 is 15.1 Å². The first-order valence-electron chi connectivity index (χ1n) is 6.78. The van der Waals surface area contributed by atoms with E-state index < -0.39 is 7.32 Å². The highest BCUT2D eigenvalue weighted by Crippen LogP contribution is 2.07. The fraction of sp³-hybridized carbons (Fsp3) is 0.692. The zero-order valence-electron chi connectivity index (χ0n) is 11.3. The van der Waals surface area contributed by atoms with Crippen LogP contribution in [0.1, 0.15) is 45.4 Å². The minimum atomic E-state index is -2.17. The lowest BCUT2D eigenvalue weighted by Crippen LogP contribution is -2.19. The zero-order valence-corrected chi connectivity index (χ0v) is 11.3. The molecule has 0 aromatic heterocycles. The number of nitrogens with zero attached hydrogens (tertiary/aromatic N) is 1. The largest absolute Gasteiger partial charge is 0.631 e. The summed E-state index contributed by atoms with van der Waals surface area (Å²) in [6.45, 7) is 4.60. The van der Waals surface area contributed by atoms with Crippen molar-refractivity contribution in [3.63, 3.8) is 0 Å². The van der Waals surface area contributed by atoms with E-state index in [1.165, 1.54) is 45.1 Å². The molecular weight excluding hydrogens is 229 g/mol. The molecular formula is C13H26BNO3. The SMILES string of the molecule is CCCCCCCCN1C=CC=CC1.OB(O)O. The van der Waals surface area contributed by atoms with Gasteiger partial charge in [0.25, 0.3) is 0 Å². The Labute approximate surface area is 111 Å². The first-order chi connectivity index (χ1) is 8.66. The molecule has 0 aliphatic carbocycles. The van der Waals surface area contributed by atoms with Gasteiger partial charge in [0.15, 0.2) is 0 Å². The third kappa shape index (κ3) is 13.3. The third-order valence-corrected chi connectivity index (χ3v) is 2.68. The summed E-state index contributed by atoms with van der Waals surface area (Å²) in [4.78, 5) is 2.39. The van der Waals surface area contributed by atoms with E-state index in [1.54, 1.807) is 0 Å². The van der Waals surface area contributed by atoms with Crippen molar-refractivity contribution in [3.05, 3.63) is 24.4 Å². The van der Waals surface area contributed by atoms with Crippen LogP contribution in [-0.2, 0) is 0 Å². The van der Waals surface area contributed by atoms with Crippen molar-refractivity contribution in [2.24, 2.45) is 0 Å². The molecule has 0 amide bonds. The number of rotatable bonds is 7. The molecule has 0 aromatic rings. The molecule has 5 heteroatoms. The lowest BCUT2D eigenvalue weighted by atomic mass is 10.1. The van der Waals surface area contributed by atoms with Gasteiger partial charge in [0.05, 0.1) is 0 Å². The van der Waals surface area contributed by atoms with E-state index in [2.05, 4.69) is 36.3 Å². The van der Waals surface area contributed by atoms with Crippen molar-refractivity contribution in [3.8, 4) is 0 Å². The summed E-state index contributed by atoms with van der Waals surface area (Å²) in [5, 5.41) is 21.5. The van der Waals surface area contributed by atoms with Crippen molar-refractivity contribution >= 4 is 7.32 Å². The number of unbranched alkanes of at least 4 members (excludes halogenated alkanes) is 5. The van der Waals surface area contributed by atoms with Gasteiger partial charge in [0.1, 0.15) is 0 Å². The Morgan fingerprint density at radius 2 is 1.61 bits per heavy atom. The maximum atomic E-state index is 7.17. The van der Waals surface area contributed by atoms with Gasteiger partial charge in [-0.2, -0.15) is 0 Å². The molecule has 0 bridgehead atoms. The summed E-state index contributed by atoms with van der Waals surface area (Å²) in [6, 6.07) is 0. The first-order valence-corrected chi connectivity index (χ1v) is 6.78. The Morgan fingerprint density at radius 3 is 2.17 bits per heavy atom. The average molecular weight is 255 g/mol. The van der Waals surface area contributed by atoms with Crippen LogP contribution < -0.4 is 0 Å². The Balaban J connectivity index is 0.000000631. The fourth-order valence-electron chi connectivity index (χ4n) is 1.77. The highest BCUT2D eigenvalue weighted by atomic mass is 16.5. The Kier molecular flexibility index (Phi) is 12.1. The lowest BCUT2D eigenvalue weighted by Gasteiger charge is -2.20. The lowest BCUT2D eigenvalue weighted by molar-refractivity contribution is 0.278. The number of hydrogen-bond acceptors (Lipinski definition) is 4. The van der Waals surface area contributed by atoms with E-state index in [9.17, 15) is 0 Å². The summed E-state index contributed by atoms with van der Waals surface area (Å²) < 4.78 is 0. The van der Waals surface area contributed by atoms with Crippen LogP contribution in [-0.4, -0.2) is 40.4 Å². The van der Waals surface area contributed by atoms with Crippen LogP contribution >= 0.6 is 0 Å². The monoisotopic (exact) mass is 255 g/mol. The van der Waals surface area contributed by atoms with Crippen molar-refractivity contribution in [1.82, 2.24) is 4.90 Å². The molecule has 0 saturated carbocycles. The van der Waals surface area contributed by atoms with Crippen LogP contribution in [0.5, 0.6) is 0 Å². The van der Waals surface area contributed by atoms with Crippen molar-refractivity contribution in [1.29, 1.82) is 0 Å². The van der Waals surface area contributed by atoms with Crippen molar-refractivity contribution in [2.75, 3.05) is 13.1 Å². The maximum absolute atomic E-state index is 7.17. The molecule has 0 atom stereocenters. The van der Waals surface area contributed by atoms with Gasteiger partial charge >= 0.3 is 7.32 Å². The minimum Gasteiger partial charge on any atom is -0.402 e. The van der Waals surface area contributed by atoms with Crippen LogP contribution in [0, 0.1) is 0 Å². The van der Waals surface area contributed by atoms with Gasteiger partial charge in [-0.25, -0.2) is 0 Å². The molecule has 1 rings (SSSR count). The zero-order chi connectivity index (χ0) is 13.6. The van der Waals surface area contributed by atoms with E-state index in [0.717, 1.165) is 6.54 Å². The predicted molar refractivity (Wildman–Crippen MR) is 75.6 cm³/mol.